The molecular formula is C14H11BrClNO4. The van der Waals surface area contributed by atoms with Crippen molar-refractivity contribution in [2.45, 2.75) is 13.2 Å². The summed E-state index contributed by atoms with van der Waals surface area (Å²) in [6.07, 6.45) is 0. The molecule has 0 aromatic heterocycles. The number of halogens is 2. The van der Waals surface area contributed by atoms with Crippen LogP contribution in [0.15, 0.2) is 40.9 Å². The Bertz CT molecular complexity index is 678. The van der Waals surface area contributed by atoms with Crippen molar-refractivity contribution in [1.29, 1.82) is 0 Å². The van der Waals surface area contributed by atoms with Crippen molar-refractivity contribution in [3.63, 3.8) is 0 Å². The quantitative estimate of drug-likeness (QED) is 0.634. The molecule has 0 atom stereocenters. The maximum absolute atomic E-state index is 11.0. The molecule has 7 heteroatoms. The van der Waals surface area contributed by atoms with Crippen LogP contribution in [0.2, 0.25) is 5.02 Å². The highest BCUT2D eigenvalue weighted by Crippen LogP contribution is 2.29. The van der Waals surface area contributed by atoms with E-state index in [0.717, 1.165) is 5.56 Å². The third-order valence-electron chi connectivity index (χ3n) is 2.80. The van der Waals surface area contributed by atoms with Gasteiger partial charge in [-0.2, -0.15) is 0 Å². The van der Waals surface area contributed by atoms with Crippen molar-refractivity contribution in [1.82, 2.24) is 0 Å². The Morgan fingerprint density at radius 3 is 2.67 bits per heavy atom. The van der Waals surface area contributed by atoms with Gasteiger partial charge in [0.25, 0.3) is 5.69 Å². The number of aliphatic hydroxyl groups excluding tert-OH is 1. The molecular weight excluding hydrogens is 362 g/mol. The lowest BCUT2D eigenvalue weighted by atomic mass is 10.2. The van der Waals surface area contributed by atoms with Gasteiger partial charge in [-0.05, 0) is 45.8 Å². The third kappa shape index (κ3) is 3.93. The van der Waals surface area contributed by atoms with Crippen LogP contribution in [0.25, 0.3) is 0 Å². The SMILES string of the molecule is O=[N+]([O-])c1ccc(Cl)cc1COc1ccc(CO)cc1Br. The molecule has 110 valence electrons. The second kappa shape index (κ2) is 6.89. The summed E-state index contributed by atoms with van der Waals surface area (Å²) in [6, 6.07) is 9.45. The predicted molar refractivity (Wildman–Crippen MR) is 82.5 cm³/mol. The Labute approximate surface area is 134 Å². The van der Waals surface area contributed by atoms with E-state index in [9.17, 15) is 10.1 Å². The highest BCUT2D eigenvalue weighted by molar-refractivity contribution is 9.10. The first-order valence-corrected chi connectivity index (χ1v) is 7.13. The van der Waals surface area contributed by atoms with Crippen LogP contribution in [0.1, 0.15) is 11.1 Å². The molecule has 2 aromatic rings. The van der Waals surface area contributed by atoms with Crippen LogP contribution < -0.4 is 4.74 Å². The molecule has 1 N–H and O–H groups in total. The van der Waals surface area contributed by atoms with E-state index >= 15 is 0 Å². The smallest absolute Gasteiger partial charge is 0.276 e. The van der Waals surface area contributed by atoms with Crippen molar-refractivity contribution in [2.24, 2.45) is 0 Å². The normalized spacial score (nSPS) is 10.4. The van der Waals surface area contributed by atoms with E-state index in [2.05, 4.69) is 15.9 Å². The lowest BCUT2D eigenvalue weighted by molar-refractivity contribution is -0.385. The van der Waals surface area contributed by atoms with Crippen molar-refractivity contribution in [3.05, 3.63) is 67.1 Å². The van der Waals surface area contributed by atoms with Crippen LogP contribution in [0.4, 0.5) is 5.69 Å². The van der Waals surface area contributed by atoms with Crippen molar-refractivity contribution < 1.29 is 14.8 Å². The maximum Gasteiger partial charge on any atom is 0.276 e. The molecule has 21 heavy (non-hydrogen) atoms. The number of nitro groups is 1. The fourth-order valence-corrected chi connectivity index (χ4v) is 2.50. The van der Waals surface area contributed by atoms with E-state index in [1.165, 1.54) is 18.2 Å². The summed E-state index contributed by atoms with van der Waals surface area (Å²) in [4.78, 5) is 10.5. The fourth-order valence-electron chi connectivity index (χ4n) is 1.76. The van der Waals surface area contributed by atoms with Gasteiger partial charge in [0.05, 0.1) is 21.6 Å². The molecule has 0 fully saturated rings. The average molecular weight is 373 g/mol. The van der Waals surface area contributed by atoms with E-state index in [-0.39, 0.29) is 18.9 Å². The topological polar surface area (TPSA) is 72.6 Å². The first-order valence-electron chi connectivity index (χ1n) is 5.96. The Kier molecular flexibility index (Phi) is 5.17. The van der Waals surface area contributed by atoms with Gasteiger partial charge in [-0.15, -0.1) is 0 Å². The Balaban J connectivity index is 2.20. The zero-order chi connectivity index (χ0) is 15.4. The number of hydrogen-bond donors (Lipinski definition) is 1. The summed E-state index contributed by atoms with van der Waals surface area (Å²) >= 11 is 9.19. The molecule has 2 rings (SSSR count). The van der Waals surface area contributed by atoms with Crippen molar-refractivity contribution >= 4 is 33.2 Å². The lowest BCUT2D eigenvalue weighted by Gasteiger charge is -2.10. The van der Waals surface area contributed by atoms with Crippen molar-refractivity contribution in [3.8, 4) is 5.75 Å². The summed E-state index contributed by atoms with van der Waals surface area (Å²) in [7, 11) is 0. The molecule has 0 aliphatic rings. The summed E-state index contributed by atoms with van der Waals surface area (Å²) in [5, 5.41) is 20.4. The minimum absolute atomic E-state index is 0.0218. The highest BCUT2D eigenvalue weighted by atomic mass is 79.9. The van der Waals surface area contributed by atoms with Gasteiger partial charge in [0, 0.05) is 11.1 Å². The largest absolute Gasteiger partial charge is 0.487 e. The number of aliphatic hydroxyl groups is 1. The first-order chi connectivity index (χ1) is 10.0. The van der Waals surface area contributed by atoms with E-state index in [1.54, 1.807) is 18.2 Å². The number of nitro benzene ring substituents is 1. The second-order valence-corrected chi connectivity index (χ2v) is 5.53. The van der Waals surface area contributed by atoms with Gasteiger partial charge in [-0.3, -0.25) is 10.1 Å². The number of hydrogen-bond acceptors (Lipinski definition) is 4. The fraction of sp³-hybridized carbons (Fsp3) is 0.143. The number of benzene rings is 2. The van der Waals surface area contributed by atoms with E-state index in [0.29, 0.717) is 20.8 Å². The molecule has 0 radical (unpaired) electrons. The Hall–Kier alpha value is -1.63. The van der Waals surface area contributed by atoms with Gasteiger partial charge >= 0.3 is 0 Å². The van der Waals surface area contributed by atoms with E-state index < -0.39 is 4.92 Å². The molecule has 0 aliphatic heterocycles. The van der Waals surface area contributed by atoms with Gasteiger partial charge in [0.15, 0.2) is 0 Å². The van der Waals surface area contributed by atoms with Crippen LogP contribution >= 0.6 is 27.5 Å². The molecule has 0 unspecified atom stereocenters. The van der Waals surface area contributed by atoms with Gasteiger partial charge in [0.2, 0.25) is 0 Å². The average Bonchev–Trinajstić information content (AvgIpc) is 2.45. The minimum Gasteiger partial charge on any atom is -0.487 e. The highest BCUT2D eigenvalue weighted by Gasteiger charge is 2.15. The molecule has 2 aromatic carbocycles. The molecule has 0 aliphatic carbocycles. The Morgan fingerprint density at radius 2 is 2.05 bits per heavy atom. The van der Waals surface area contributed by atoms with Crippen LogP contribution in [0.5, 0.6) is 5.75 Å². The lowest BCUT2D eigenvalue weighted by Crippen LogP contribution is -2.01. The first kappa shape index (κ1) is 15.8. The maximum atomic E-state index is 11.0. The molecule has 5 nitrogen and oxygen atoms in total. The van der Waals surface area contributed by atoms with E-state index in [4.69, 9.17) is 21.4 Å². The number of ether oxygens (including phenoxy) is 1. The zero-order valence-electron chi connectivity index (χ0n) is 10.8. The monoisotopic (exact) mass is 371 g/mol. The summed E-state index contributed by atoms with van der Waals surface area (Å²) in [5.41, 5.74) is 1.09. The third-order valence-corrected chi connectivity index (χ3v) is 3.66. The number of rotatable bonds is 5. The van der Waals surface area contributed by atoms with Crippen LogP contribution in [0, 0.1) is 10.1 Å². The summed E-state index contributed by atoms with van der Waals surface area (Å²) < 4.78 is 6.24. The Morgan fingerprint density at radius 1 is 1.29 bits per heavy atom. The predicted octanol–water partition coefficient (Wildman–Crippen LogP) is 4.08. The van der Waals surface area contributed by atoms with Crippen LogP contribution in [0.3, 0.4) is 0 Å². The second-order valence-electron chi connectivity index (χ2n) is 4.24. The molecule has 0 heterocycles. The van der Waals surface area contributed by atoms with Crippen LogP contribution in [-0.2, 0) is 13.2 Å². The molecule has 0 amide bonds. The van der Waals surface area contributed by atoms with Crippen LogP contribution in [-0.4, -0.2) is 10.0 Å². The van der Waals surface area contributed by atoms with Crippen molar-refractivity contribution in [2.75, 3.05) is 0 Å². The number of nitrogens with zero attached hydrogens (tertiary/aromatic N) is 1. The molecule has 0 spiro atoms. The summed E-state index contributed by atoms with van der Waals surface area (Å²) in [5.74, 6) is 0.529. The molecule has 0 saturated heterocycles. The van der Waals surface area contributed by atoms with Gasteiger partial charge in [-0.25, -0.2) is 0 Å². The molecule has 0 saturated carbocycles. The van der Waals surface area contributed by atoms with Gasteiger partial charge in [-0.1, -0.05) is 17.7 Å². The molecule has 0 bridgehead atoms. The van der Waals surface area contributed by atoms with Gasteiger partial charge in [0.1, 0.15) is 12.4 Å². The van der Waals surface area contributed by atoms with E-state index in [1.807, 2.05) is 0 Å². The standard InChI is InChI=1S/C14H11BrClNO4/c15-12-5-9(7-18)1-4-14(12)21-8-10-6-11(16)2-3-13(10)17(19)20/h1-6,18H,7-8H2. The summed E-state index contributed by atoms with van der Waals surface area (Å²) in [6.45, 7) is -0.0490. The zero-order valence-corrected chi connectivity index (χ0v) is 13.1. The van der Waals surface area contributed by atoms with Gasteiger partial charge < -0.3 is 9.84 Å². The minimum atomic E-state index is -0.473.